The lowest BCUT2D eigenvalue weighted by molar-refractivity contribution is 0.307. The SMILES string of the molecule is Cc1cc(C)cc(C(CCN)C(C)(C)C)c1. The predicted octanol–water partition coefficient (Wildman–Crippen LogP) is 3.78. The summed E-state index contributed by atoms with van der Waals surface area (Å²) in [5.41, 5.74) is 10.2. The Bertz CT molecular complexity index is 327. The first kappa shape index (κ1) is 13.2. The first-order valence-electron chi connectivity index (χ1n) is 6.13. The van der Waals surface area contributed by atoms with E-state index in [1.807, 2.05) is 0 Å². The molecule has 0 aliphatic rings. The predicted molar refractivity (Wildman–Crippen MR) is 71.8 cm³/mol. The van der Waals surface area contributed by atoms with Gasteiger partial charge in [0, 0.05) is 0 Å². The summed E-state index contributed by atoms with van der Waals surface area (Å²) in [7, 11) is 0. The van der Waals surface area contributed by atoms with E-state index >= 15 is 0 Å². The summed E-state index contributed by atoms with van der Waals surface area (Å²) in [6, 6.07) is 6.84. The summed E-state index contributed by atoms with van der Waals surface area (Å²) in [6.45, 7) is 12.0. The molecule has 0 aromatic heterocycles. The van der Waals surface area contributed by atoms with Gasteiger partial charge in [-0.1, -0.05) is 50.1 Å². The molecule has 0 fully saturated rings. The van der Waals surface area contributed by atoms with Crippen LogP contribution >= 0.6 is 0 Å². The van der Waals surface area contributed by atoms with Gasteiger partial charge in [0.1, 0.15) is 0 Å². The van der Waals surface area contributed by atoms with Crippen molar-refractivity contribution in [3.63, 3.8) is 0 Å². The molecule has 16 heavy (non-hydrogen) atoms. The van der Waals surface area contributed by atoms with Gasteiger partial charge in [-0.15, -0.1) is 0 Å². The zero-order valence-corrected chi connectivity index (χ0v) is 11.3. The number of nitrogens with two attached hydrogens (primary N) is 1. The van der Waals surface area contributed by atoms with Crippen LogP contribution in [0, 0.1) is 19.3 Å². The molecule has 2 N–H and O–H groups in total. The number of hydrogen-bond donors (Lipinski definition) is 1. The highest BCUT2D eigenvalue weighted by atomic mass is 14.5. The standard InChI is InChI=1S/C15H25N/c1-11-8-12(2)10-13(9-11)14(6-7-16)15(3,4)5/h8-10,14H,6-7,16H2,1-5H3. The van der Waals surface area contributed by atoms with Crippen molar-refractivity contribution in [3.05, 3.63) is 34.9 Å². The van der Waals surface area contributed by atoms with E-state index in [9.17, 15) is 0 Å². The molecule has 1 nitrogen and oxygen atoms in total. The molecule has 0 aliphatic heterocycles. The van der Waals surface area contributed by atoms with Gasteiger partial charge in [0.25, 0.3) is 0 Å². The molecule has 0 aliphatic carbocycles. The largest absolute Gasteiger partial charge is 0.330 e. The van der Waals surface area contributed by atoms with E-state index in [4.69, 9.17) is 5.73 Å². The van der Waals surface area contributed by atoms with Crippen LogP contribution in [0.5, 0.6) is 0 Å². The highest BCUT2D eigenvalue weighted by Crippen LogP contribution is 2.37. The Labute approximate surface area is 100 Å². The second-order valence-corrected chi connectivity index (χ2v) is 5.92. The fourth-order valence-corrected chi connectivity index (χ4v) is 2.48. The van der Waals surface area contributed by atoms with Gasteiger partial charge in [0.05, 0.1) is 0 Å². The second kappa shape index (κ2) is 5.01. The Morgan fingerprint density at radius 2 is 1.56 bits per heavy atom. The van der Waals surface area contributed by atoms with E-state index in [0.29, 0.717) is 5.92 Å². The lowest BCUT2D eigenvalue weighted by Crippen LogP contribution is -2.21. The van der Waals surface area contributed by atoms with Crippen molar-refractivity contribution in [2.75, 3.05) is 6.54 Å². The lowest BCUT2D eigenvalue weighted by atomic mass is 9.74. The quantitative estimate of drug-likeness (QED) is 0.822. The van der Waals surface area contributed by atoms with Crippen molar-refractivity contribution in [1.82, 2.24) is 0 Å². The third-order valence-electron chi connectivity index (χ3n) is 3.15. The second-order valence-electron chi connectivity index (χ2n) is 5.92. The maximum absolute atomic E-state index is 5.74. The van der Waals surface area contributed by atoms with Gasteiger partial charge in [0.2, 0.25) is 0 Å². The van der Waals surface area contributed by atoms with Crippen LogP contribution in [0.2, 0.25) is 0 Å². The summed E-state index contributed by atoms with van der Waals surface area (Å²) in [5.74, 6) is 0.552. The zero-order chi connectivity index (χ0) is 12.3. The van der Waals surface area contributed by atoms with Crippen LogP contribution in [0.25, 0.3) is 0 Å². The van der Waals surface area contributed by atoms with E-state index in [-0.39, 0.29) is 5.41 Å². The van der Waals surface area contributed by atoms with Crippen molar-refractivity contribution in [2.24, 2.45) is 11.1 Å². The molecule has 0 heterocycles. The van der Waals surface area contributed by atoms with Crippen molar-refractivity contribution in [3.8, 4) is 0 Å². The molecule has 1 unspecified atom stereocenters. The van der Waals surface area contributed by atoms with E-state index in [0.717, 1.165) is 13.0 Å². The van der Waals surface area contributed by atoms with E-state index in [1.165, 1.54) is 16.7 Å². The van der Waals surface area contributed by atoms with Gasteiger partial charge in [-0.25, -0.2) is 0 Å². The molecular formula is C15H25N. The minimum Gasteiger partial charge on any atom is -0.330 e. The molecule has 1 atom stereocenters. The van der Waals surface area contributed by atoms with Gasteiger partial charge >= 0.3 is 0 Å². The Hall–Kier alpha value is -0.820. The van der Waals surface area contributed by atoms with Gasteiger partial charge in [0.15, 0.2) is 0 Å². The van der Waals surface area contributed by atoms with Crippen LogP contribution < -0.4 is 5.73 Å². The fourth-order valence-electron chi connectivity index (χ4n) is 2.48. The summed E-state index contributed by atoms with van der Waals surface area (Å²) < 4.78 is 0. The Balaban J connectivity index is 3.10. The van der Waals surface area contributed by atoms with Crippen molar-refractivity contribution in [1.29, 1.82) is 0 Å². The van der Waals surface area contributed by atoms with E-state index in [2.05, 4.69) is 52.8 Å². The topological polar surface area (TPSA) is 26.0 Å². The molecule has 0 saturated carbocycles. The number of rotatable bonds is 3. The Morgan fingerprint density at radius 1 is 1.06 bits per heavy atom. The van der Waals surface area contributed by atoms with Crippen LogP contribution in [-0.4, -0.2) is 6.54 Å². The molecule has 1 rings (SSSR count). The van der Waals surface area contributed by atoms with Crippen molar-refractivity contribution >= 4 is 0 Å². The molecule has 0 bridgehead atoms. The zero-order valence-electron chi connectivity index (χ0n) is 11.3. The van der Waals surface area contributed by atoms with Crippen LogP contribution in [0.15, 0.2) is 18.2 Å². The maximum Gasteiger partial charge on any atom is -0.00712 e. The maximum atomic E-state index is 5.74. The summed E-state index contributed by atoms with van der Waals surface area (Å²) >= 11 is 0. The number of benzene rings is 1. The molecule has 0 spiro atoms. The molecule has 1 heteroatoms. The minimum absolute atomic E-state index is 0.277. The summed E-state index contributed by atoms with van der Waals surface area (Å²) in [6.07, 6.45) is 1.06. The fraction of sp³-hybridized carbons (Fsp3) is 0.600. The molecule has 0 saturated heterocycles. The van der Waals surface area contributed by atoms with Gasteiger partial charge in [-0.05, 0) is 43.7 Å². The average Bonchev–Trinajstić information content (AvgIpc) is 2.10. The van der Waals surface area contributed by atoms with E-state index < -0.39 is 0 Å². The van der Waals surface area contributed by atoms with Gasteiger partial charge < -0.3 is 5.73 Å². The van der Waals surface area contributed by atoms with Crippen molar-refractivity contribution < 1.29 is 0 Å². The average molecular weight is 219 g/mol. The van der Waals surface area contributed by atoms with Crippen LogP contribution in [0.1, 0.15) is 49.8 Å². The third kappa shape index (κ3) is 3.34. The Kier molecular flexibility index (Phi) is 4.15. The summed E-state index contributed by atoms with van der Waals surface area (Å²) in [5, 5.41) is 0. The van der Waals surface area contributed by atoms with Crippen LogP contribution in [0.4, 0.5) is 0 Å². The Morgan fingerprint density at radius 3 is 1.94 bits per heavy atom. The molecule has 0 radical (unpaired) electrons. The lowest BCUT2D eigenvalue weighted by Gasteiger charge is -2.31. The van der Waals surface area contributed by atoms with Gasteiger partial charge in [-0.2, -0.15) is 0 Å². The molecule has 90 valence electrons. The minimum atomic E-state index is 0.277. The monoisotopic (exact) mass is 219 g/mol. The molecule has 0 amide bonds. The number of hydrogen-bond acceptors (Lipinski definition) is 1. The molecule has 1 aromatic carbocycles. The molecular weight excluding hydrogens is 194 g/mol. The normalized spacial score (nSPS) is 13.9. The highest BCUT2D eigenvalue weighted by Gasteiger charge is 2.25. The van der Waals surface area contributed by atoms with Crippen molar-refractivity contribution in [2.45, 2.75) is 47.0 Å². The van der Waals surface area contributed by atoms with E-state index in [1.54, 1.807) is 0 Å². The summed E-state index contributed by atoms with van der Waals surface area (Å²) in [4.78, 5) is 0. The smallest absolute Gasteiger partial charge is 0.00712 e. The number of aryl methyl sites for hydroxylation is 2. The molecule has 1 aromatic rings. The first-order chi connectivity index (χ1) is 7.34. The third-order valence-corrected chi connectivity index (χ3v) is 3.15. The highest BCUT2D eigenvalue weighted by molar-refractivity contribution is 5.32. The van der Waals surface area contributed by atoms with Gasteiger partial charge in [-0.3, -0.25) is 0 Å². The first-order valence-corrected chi connectivity index (χ1v) is 6.13. The van der Waals surface area contributed by atoms with Crippen LogP contribution in [0.3, 0.4) is 0 Å². The van der Waals surface area contributed by atoms with Crippen LogP contribution in [-0.2, 0) is 0 Å².